The number of hydrogen-bond donors (Lipinski definition) is 2. The van der Waals surface area contributed by atoms with Crippen LogP contribution in [0.5, 0.6) is 0 Å². The number of thiazole rings is 1. The largest absolute Gasteiger partial charge is 0.434 e. The maximum absolute atomic E-state index is 12.6. The highest BCUT2D eigenvalue weighted by atomic mass is 32.1. The van der Waals surface area contributed by atoms with Gasteiger partial charge in [-0.2, -0.15) is 13.2 Å². The number of rotatable bonds is 8. The molecular formula is C16H26F3N5OS. The fraction of sp³-hybridized carbons (Fsp3) is 0.750. The third-order valence-electron chi connectivity index (χ3n) is 4.15. The van der Waals surface area contributed by atoms with Crippen molar-refractivity contribution in [1.82, 2.24) is 20.5 Å². The number of halogens is 3. The molecule has 26 heavy (non-hydrogen) atoms. The van der Waals surface area contributed by atoms with E-state index in [0.29, 0.717) is 30.2 Å². The quantitative estimate of drug-likeness (QED) is 0.524. The van der Waals surface area contributed by atoms with Gasteiger partial charge in [-0.3, -0.25) is 4.90 Å². The summed E-state index contributed by atoms with van der Waals surface area (Å²) in [6.45, 7) is 6.14. The zero-order valence-electron chi connectivity index (χ0n) is 15.1. The van der Waals surface area contributed by atoms with Gasteiger partial charge < -0.3 is 15.4 Å². The lowest BCUT2D eigenvalue weighted by Gasteiger charge is -2.25. The van der Waals surface area contributed by atoms with E-state index in [-0.39, 0.29) is 6.54 Å². The highest BCUT2D eigenvalue weighted by molar-refractivity contribution is 7.09. The zero-order chi connectivity index (χ0) is 19.0. The summed E-state index contributed by atoms with van der Waals surface area (Å²) in [5, 5.41) is 7.78. The molecule has 1 aromatic rings. The third-order valence-corrected chi connectivity index (χ3v) is 4.98. The molecule has 2 rings (SSSR count). The van der Waals surface area contributed by atoms with Crippen molar-refractivity contribution in [3.63, 3.8) is 0 Å². The first-order chi connectivity index (χ1) is 12.4. The molecule has 2 N–H and O–H groups in total. The molecule has 0 saturated carbocycles. The SMILES string of the molecule is CCNC(=NCc1nc(C(F)(F)F)cs1)NCC1CCCN1CCOC. The number of guanidine groups is 1. The molecule has 1 saturated heterocycles. The second kappa shape index (κ2) is 10.1. The summed E-state index contributed by atoms with van der Waals surface area (Å²) >= 11 is 0.973. The van der Waals surface area contributed by atoms with Crippen LogP contribution in [0.15, 0.2) is 10.4 Å². The average molecular weight is 393 g/mol. The Kier molecular flexibility index (Phi) is 8.11. The highest BCUT2D eigenvalue weighted by Crippen LogP contribution is 2.30. The van der Waals surface area contributed by atoms with E-state index in [4.69, 9.17) is 4.74 Å². The van der Waals surface area contributed by atoms with Crippen molar-refractivity contribution < 1.29 is 17.9 Å². The molecule has 1 aromatic heterocycles. The van der Waals surface area contributed by atoms with Gasteiger partial charge in [0.05, 0.1) is 13.2 Å². The number of alkyl halides is 3. The van der Waals surface area contributed by atoms with E-state index in [2.05, 4.69) is 25.5 Å². The van der Waals surface area contributed by atoms with Crippen molar-refractivity contribution in [3.05, 3.63) is 16.1 Å². The van der Waals surface area contributed by atoms with Crippen LogP contribution in [0, 0.1) is 0 Å². The van der Waals surface area contributed by atoms with E-state index in [9.17, 15) is 13.2 Å². The lowest BCUT2D eigenvalue weighted by molar-refractivity contribution is -0.140. The summed E-state index contributed by atoms with van der Waals surface area (Å²) < 4.78 is 43.0. The Morgan fingerprint density at radius 1 is 1.46 bits per heavy atom. The fourth-order valence-electron chi connectivity index (χ4n) is 2.85. The first-order valence-electron chi connectivity index (χ1n) is 8.70. The van der Waals surface area contributed by atoms with Gasteiger partial charge in [0, 0.05) is 38.2 Å². The van der Waals surface area contributed by atoms with Gasteiger partial charge in [-0.25, -0.2) is 9.98 Å². The van der Waals surface area contributed by atoms with Crippen LogP contribution in [0.1, 0.15) is 30.5 Å². The lowest BCUT2D eigenvalue weighted by atomic mass is 10.2. The van der Waals surface area contributed by atoms with E-state index in [1.165, 1.54) is 0 Å². The van der Waals surface area contributed by atoms with Crippen LogP contribution in [-0.4, -0.2) is 61.8 Å². The van der Waals surface area contributed by atoms with Crippen molar-refractivity contribution in [3.8, 4) is 0 Å². The van der Waals surface area contributed by atoms with Crippen molar-refractivity contribution in [2.75, 3.05) is 39.9 Å². The number of methoxy groups -OCH3 is 1. The average Bonchev–Trinajstić information content (AvgIpc) is 3.24. The number of likely N-dealkylation sites (tertiary alicyclic amines) is 1. The van der Waals surface area contributed by atoms with E-state index < -0.39 is 11.9 Å². The van der Waals surface area contributed by atoms with Gasteiger partial charge in [0.1, 0.15) is 5.01 Å². The number of ether oxygens (including phenoxy) is 1. The Hall–Kier alpha value is -1.39. The van der Waals surface area contributed by atoms with E-state index in [0.717, 1.165) is 49.2 Å². The summed E-state index contributed by atoms with van der Waals surface area (Å²) in [7, 11) is 1.70. The summed E-state index contributed by atoms with van der Waals surface area (Å²) in [6, 6.07) is 0.408. The predicted molar refractivity (Wildman–Crippen MR) is 96.4 cm³/mol. The van der Waals surface area contributed by atoms with Gasteiger partial charge in [-0.05, 0) is 26.3 Å². The van der Waals surface area contributed by atoms with E-state index in [1.54, 1.807) is 7.11 Å². The molecule has 6 nitrogen and oxygen atoms in total. The van der Waals surface area contributed by atoms with Crippen LogP contribution in [0.3, 0.4) is 0 Å². The number of hydrogen-bond acceptors (Lipinski definition) is 5. The minimum absolute atomic E-state index is 0.119. The van der Waals surface area contributed by atoms with Gasteiger partial charge >= 0.3 is 6.18 Å². The molecule has 1 fully saturated rings. The van der Waals surface area contributed by atoms with Gasteiger partial charge in [0.25, 0.3) is 0 Å². The topological polar surface area (TPSA) is 61.8 Å². The predicted octanol–water partition coefficient (Wildman–Crippen LogP) is 2.33. The molecule has 1 aliphatic heterocycles. The van der Waals surface area contributed by atoms with Crippen molar-refractivity contribution in [1.29, 1.82) is 0 Å². The number of aliphatic imine (C=N–C) groups is 1. The molecule has 0 bridgehead atoms. The molecule has 0 aromatic carbocycles. The molecule has 10 heteroatoms. The molecular weight excluding hydrogens is 367 g/mol. The van der Waals surface area contributed by atoms with Gasteiger partial charge in [0.2, 0.25) is 0 Å². The minimum atomic E-state index is -4.41. The number of nitrogens with zero attached hydrogens (tertiary/aromatic N) is 3. The summed E-state index contributed by atoms with van der Waals surface area (Å²) in [5.74, 6) is 0.592. The second-order valence-electron chi connectivity index (χ2n) is 6.03. The van der Waals surface area contributed by atoms with Gasteiger partial charge in [-0.1, -0.05) is 0 Å². The standard InChI is InChI=1S/C16H26F3N5OS/c1-3-20-15(21-9-12-5-4-6-24(12)7-8-25-2)22-10-14-23-13(11-26-14)16(17,18)19/h11-12H,3-10H2,1-2H3,(H2,20,21,22). The fourth-order valence-corrected chi connectivity index (χ4v) is 3.57. The smallest absolute Gasteiger partial charge is 0.383 e. The van der Waals surface area contributed by atoms with Crippen LogP contribution >= 0.6 is 11.3 Å². The number of aromatic nitrogens is 1. The molecule has 1 atom stereocenters. The first-order valence-corrected chi connectivity index (χ1v) is 9.58. The van der Waals surface area contributed by atoms with Crippen LogP contribution in [0.4, 0.5) is 13.2 Å². The lowest BCUT2D eigenvalue weighted by Crippen LogP contribution is -2.45. The van der Waals surface area contributed by atoms with Gasteiger partial charge in [-0.15, -0.1) is 11.3 Å². The molecule has 0 spiro atoms. The van der Waals surface area contributed by atoms with E-state index in [1.807, 2.05) is 6.92 Å². The van der Waals surface area contributed by atoms with Crippen LogP contribution < -0.4 is 10.6 Å². The Morgan fingerprint density at radius 2 is 2.27 bits per heavy atom. The molecule has 0 radical (unpaired) electrons. The van der Waals surface area contributed by atoms with Crippen molar-refractivity contribution in [2.45, 2.75) is 38.5 Å². The Balaban J connectivity index is 1.89. The summed E-state index contributed by atoms with van der Waals surface area (Å²) in [5.41, 5.74) is -0.856. The van der Waals surface area contributed by atoms with Crippen LogP contribution in [-0.2, 0) is 17.5 Å². The Labute approximate surface area is 155 Å². The molecule has 0 amide bonds. The monoisotopic (exact) mass is 393 g/mol. The molecule has 1 aliphatic rings. The van der Waals surface area contributed by atoms with Crippen molar-refractivity contribution >= 4 is 17.3 Å². The first kappa shape index (κ1) is 20.9. The molecule has 0 aliphatic carbocycles. The third kappa shape index (κ3) is 6.40. The van der Waals surface area contributed by atoms with Crippen LogP contribution in [0.25, 0.3) is 0 Å². The maximum Gasteiger partial charge on any atom is 0.434 e. The molecule has 1 unspecified atom stereocenters. The van der Waals surface area contributed by atoms with Crippen LogP contribution in [0.2, 0.25) is 0 Å². The summed E-state index contributed by atoms with van der Waals surface area (Å²) in [4.78, 5) is 10.4. The molecule has 148 valence electrons. The van der Waals surface area contributed by atoms with Gasteiger partial charge in [0.15, 0.2) is 11.7 Å². The number of nitrogens with one attached hydrogen (secondary N) is 2. The zero-order valence-corrected chi connectivity index (χ0v) is 15.9. The van der Waals surface area contributed by atoms with E-state index >= 15 is 0 Å². The normalized spacial score (nSPS) is 19.1. The Morgan fingerprint density at radius 3 is 2.92 bits per heavy atom. The van der Waals surface area contributed by atoms with Crippen molar-refractivity contribution in [2.24, 2.45) is 4.99 Å². The second-order valence-corrected chi connectivity index (χ2v) is 6.97. The maximum atomic E-state index is 12.6. The summed E-state index contributed by atoms with van der Waals surface area (Å²) in [6.07, 6.45) is -2.14. The highest BCUT2D eigenvalue weighted by Gasteiger charge is 2.33. The Bertz CT molecular complexity index is 578. The minimum Gasteiger partial charge on any atom is -0.383 e. The molecule has 2 heterocycles.